The molecule has 0 spiro atoms. The number of aliphatic imine (C=N–C) groups is 1. The third-order valence-corrected chi connectivity index (χ3v) is 4.41. The van der Waals surface area contributed by atoms with Crippen LogP contribution in [0.3, 0.4) is 0 Å². The van der Waals surface area contributed by atoms with Gasteiger partial charge in [-0.3, -0.25) is 15.1 Å². The molecule has 0 fully saturated rings. The van der Waals surface area contributed by atoms with Gasteiger partial charge in [0.2, 0.25) is 0 Å². The molecule has 4 nitrogen and oxygen atoms in total. The van der Waals surface area contributed by atoms with E-state index in [1.165, 1.54) is 69.9 Å². The van der Waals surface area contributed by atoms with Crippen LogP contribution in [0.1, 0.15) is 76.7 Å². The molecule has 0 saturated carbocycles. The number of rotatable bonds is 13. The number of halogens is 1. The molecule has 1 aromatic carbocycles. The van der Waals surface area contributed by atoms with E-state index >= 15 is 0 Å². The van der Waals surface area contributed by atoms with Crippen LogP contribution in [0.2, 0.25) is 5.02 Å². The number of unbranched alkanes of at least 4 members (excludes halogenated alkanes) is 9. The van der Waals surface area contributed by atoms with Gasteiger partial charge in [0, 0.05) is 35.5 Å². The van der Waals surface area contributed by atoms with Crippen molar-refractivity contribution in [3.8, 4) is 0 Å². The van der Waals surface area contributed by atoms with Crippen molar-refractivity contribution in [2.24, 2.45) is 4.99 Å². The number of benzene rings is 1. The van der Waals surface area contributed by atoms with E-state index in [0.717, 1.165) is 13.0 Å². The van der Waals surface area contributed by atoms with E-state index in [9.17, 15) is 10.1 Å². The van der Waals surface area contributed by atoms with Gasteiger partial charge in [-0.1, -0.05) is 76.3 Å². The fraction of sp³-hybridized carbons (Fsp3) is 0.632. The lowest BCUT2D eigenvalue weighted by Gasteiger charge is -2.01. The predicted octanol–water partition coefficient (Wildman–Crippen LogP) is 6.59. The summed E-state index contributed by atoms with van der Waals surface area (Å²) in [5, 5.41) is 11.3. The molecule has 0 amide bonds. The Kier molecular flexibility index (Phi) is 11.1. The van der Waals surface area contributed by atoms with Crippen LogP contribution in [0.4, 0.5) is 5.69 Å². The molecular formula is C19H29ClN2O2. The molecule has 24 heavy (non-hydrogen) atoms. The molecule has 1 aromatic rings. The topological polar surface area (TPSA) is 55.5 Å². The number of nitro groups is 1. The lowest BCUT2D eigenvalue weighted by molar-refractivity contribution is -0.384. The van der Waals surface area contributed by atoms with Crippen molar-refractivity contribution in [3.05, 3.63) is 38.9 Å². The molecule has 134 valence electrons. The molecule has 0 unspecified atom stereocenters. The average Bonchev–Trinajstić information content (AvgIpc) is 2.57. The fourth-order valence-corrected chi connectivity index (χ4v) is 2.76. The summed E-state index contributed by atoms with van der Waals surface area (Å²) in [5.74, 6) is 0. The number of non-ortho nitro benzene ring substituents is 1. The Morgan fingerprint density at radius 2 is 1.62 bits per heavy atom. The van der Waals surface area contributed by atoms with Gasteiger partial charge in [-0.25, -0.2) is 0 Å². The van der Waals surface area contributed by atoms with Crippen LogP contribution in [0, 0.1) is 10.1 Å². The van der Waals surface area contributed by atoms with Crippen LogP contribution < -0.4 is 0 Å². The Hall–Kier alpha value is -1.42. The van der Waals surface area contributed by atoms with E-state index in [2.05, 4.69) is 11.9 Å². The van der Waals surface area contributed by atoms with Gasteiger partial charge >= 0.3 is 0 Å². The van der Waals surface area contributed by atoms with Crippen LogP contribution in [0.5, 0.6) is 0 Å². The number of hydrogen-bond acceptors (Lipinski definition) is 3. The summed E-state index contributed by atoms with van der Waals surface area (Å²) >= 11 is 6.03. The first kappa shape index (κ1) is 20.6. The van der Waals surface area contributed by atoms with Crippen LogP contribution in [-0.4, -0.2) is 17.7 Å². The van der Waals surface area contributed by atoms with Crippen LogP contribution >= 0.6 is 11.6 Å². The highest BCUT2D eigenvalue weighted by Crippen LogP contribution is 2.20. The molecule has 0 aliphatic rings. The summed E-state index contributed by atoms with van der Waals surface area (Å²) in [6, 6.07) is 4.41. The largest absolute Gasteiger partial charge is 0.293 e. The van der Waals surface area contributed by atoms with Crippen molar-refractivity contribution in [1.82, 2.24) is 0 Å². The first-order valence-corrected chi connectivity index (χ1v) is 9.46. The molecular weight excluding hydrogens is 324 g/mol. The van der Waals surface area contributed by atoms with Gasteiger partial charge in [0.15, 0.2) is 0 Å². The Labute approximate surface area is 150 Å². The minimum absolute atomic E-state index is 0.0415. The van der Waals surface area contributed by atoms with Crippen molar-refractivity contribution in [1.29, 1.82) is 0 Å². The number of nitrogens with zero attached hydrogens (tertiary/aromatic N) is 2. The molecule has 0 radical (unpaired) electrons. The smallest absolute Gasteiger partial charge is 0.270 e. The van der Waals surface area contributed by atoms with Gasteiger partial charge in [0.1, 0.15) is 0 Å². The second-order valence-corrected chi connectivity index (χ2v) is 6.59. The molecule has 0 aliphatic carbocycles. The zero-order valence-electron chi connectivity index (χ0n) is 14.7. The summed E-state index contributed by atoms with van der Waals surface area (Å²) < 4.78 is 0. The van der Waals surface area contributed by atoms with Gasteiger partial charge in [0.25, 0.3) is 5.69 Å². The van der Waals surface area contributed by atoms with E-state index in [1.807, 2.05) is 0 Å². The van der Waals surface area contributed by atoms with Crippen molar-refractivity contribution in [2.45, 2.75) is 71.1 Å². The summed E-state index contributed by atoms with van der Waals surface area (Å²) in [4.78, 5) is 14.7. The average molecular weight is 353 g/mol. The molecule has 5 heteroatoms. The van der Waals surface area contributed by atoms with Crippen LogP contribution in [-0.2, 0) is 0 Å². The van der Waals surface area contributed by atoms with Gasteiger partial charge in [-0.2, -0.15) is 0 Å². The highest BCUT2D eigenvalue weighted by Gasteiger charge is 2.07. The molecule has 0 heterocycles. The quantitative estimate of drug-likeness (QED) is 0.174. The Bertz CT molecular complexity index is 518. The Balaban J connectivity index is 2.12. The van der Waals surface area contributed by atoms with Crippen LogP contribution in [0.25, 0.3) is 0 Å². The van der Waals surface area contributed by atoms with Gasteiger partial charge in [-0.05, 0) is 12.5 Å². The van der Waals surface area contributed by atoms with Gasteiger partial charge < -0.3 is 0 Å². The van der Waals surface area contributed by atoms with Crippen LogP contribution in [0.15, 0.2) is 23.2 Å². The van der Waals surface area contributed by atoms with Gasteiger partial charge in [0.05, 0.1) is 4.92 Å². The monoisotopic (exact) mass is 352 g/mol. The molecule has 0 bridgehead atoms. The second kappa shape index (κ2) is 12.9. The summed E-state index contributed by atoms with van der Waals surface area (Å²) in [6.45, 7) is 2.99. The molecule has 0 N–H and O–H groups in total. The number of nitro benzene ring substituents is 1. The third-order valence-electron chi connectivity index (χ3n) is 4.06. The van der Waals surface area contributed by atoms with E-state index in [1.54, 1.807) is 12.3 Å². The summed E-state index contributed by atoms with van der Waals surface area (Å²) in [7, 11) is 0. The normalized spacial score (nSPS) is 11.2. The lowest BCUT2D eigenvalue weighted by Crippen LogP contribution is -1.92. The fourth-order valence-electron chi connectivity index (χ4n) is 2.60. The van der Waals surface area contributed by atoms with Gasteiger partial charge in [-0.15, -0.1) is 0 Å². The first-order valence-electron chi connectivity index (χ1n) is 9.09. The Morgan fingerprint density at radius 3 is 2.21 bits per heavy atom. The van der Waals surface area contributed by atoms with E-state index in [0.29, 0.717) is 10.6 Å². The van der Waals surface area contributed by atoms with E-state index < -0.39 is 4.92 Å². The standard InChI is InChI=1S/C19H29ClN2O2/c1-2-3-4-5-6-7-8-9-10-11-14-21-16-17-15-18(22(23)24)12-13-19(17)20/h12-13,15-16H,2-11,14H2,1H3. The third kappa shape index (κ3) is 9.02. The lowest BCUT2D eigenvalue weighted by atomic mass is 10.1. The zero-order chi connectivity index (χ0) is 17.6. The van der Waals surface area contributed by atoms with Crippen molar-refractivity contribution < 1.29 is 4.92 Å². The molecule has 1 rings (SSSR count). The molecule has 0 aromatic heterocycles. The van der Waals surface area contributed by atoms with Crippen molar-refractivity contribution in [2.75, 3.05) is 6.54 Å². The van der Waals surface area contributed by atoms with Crippen molar-refractivity contribution >= 4 is 23.5 Å². The first-order chi connectivity index (χ1) is 11.6. The molecule has 0 aliphatic heterocycles. The van der Waals surface area contributed by atoms with Crippen molar-refractivity contribution in [3.63, 3.8) is 0 Å². The maximum atomic E-state index is 10.8. The highest BCUT2D eigenvalue weighted by molar-refractivity contribution is 6.33. The molecule has 0 atom stereocenters. The minimum Gasteiger partial charge on any atom is -0.293 e. The zero-order valence-corrected chi connectivity index (χ0v) is 15.4. The maximum Gasteiger partial charge on any atom is 0.270 e. The number of hydrogen-bond donors (Lipinski definition) is 0. The summed E-state index contributed by atoms with van der Waals surface area (Å²) in [5.41, 5.74) is 0.651. The van der Waals surface area contributed by atoms with E-state index in [4.69, 9.17) is 11.6 Å². The highest BCUT2D eigenvalue weighted by atomic mass is 35.5. The summed E-state index contributed by atoms with van der Waals surface area (Å²) in [6.07, 6.45) is 14.6. The second-order valence-electron chi connectivity index (χ2n) is 6.18. The molecule has 0 saturated heterocycles. The Morgan fingerprint density at radius 1 is 1.04 bits per heavy atom. The predicted molar refractivity (Wildman–Crippen MR) is 102 cm³/mol. The minimum atomic E-state index is -0.421. The van der Waals surface area contributed by atoms with E-state index in [-0.39, 0.29) is 5.69 Å². The maximum absolute atomic E-state index is 10.8. The SMILES string of the molecule is CCCCCCCCCCCCN=Cc1cc([N+](=O)[O-])ccc1Cl.